The van der Waals surface area contributed by atoms with Gasteiger partial charge in [-0.2, -0.15) is 13.8 Å². The fourth-order valence-electron chi connectivity index (χ4n) is 2.12. The minimum absolute atomic E-state index is 0.0894. The fraction of sp³-hybridized carbons (Fsp3) is 0.263. The molecule has 2 amide bonds. The van der Waals surface area contributed by atoms with Crippen LogP contribution in [0.15, 0.2) is 52.4 Å². The third kappa shape index (κ3) is 6.78. The Balaban J connectivity index is 2.19. The van der Waals surface area contributed by atoms with Crippen LogP contribution in [0.5, 0.6) is 0 Å². The largest absolute Gasteiger partial charge is 0.474 e. The first-order chi connectivity index (χ1) is 14.0. The lowest BCUT2D eigenvalue weighted by atomic mass is 10.2. The van der Waals surface area contributed by atoms with Gasteiger partial charge in [-0.15, -0.1) is 0 Å². The van der Waals surface area contributed by atoms with Crippen LogP contribution in [0, 0.1) is 0 Å². The number of thioether (sulfide) groups is 1. The number of anilines is 1. The van der Waals surface area contributed by atoms with Crippen LogP contribution in [0.25, 0.3) is 0 Å². The predicted molar refractivity (Wildman–Crippen MR) is 111 cm³/mol. The van der Waals surface area contributed by atoms with Gasteiger partial charge in [0.15, 0.2) is 0 Å². The van der Waals surface area contributed by atoms with Crippen molar-refractivity contribution < 1.29 is 27.1 Å². The van der Waals surface area contributed by atoms with Crippen LogP contribution in [-0.4, -0.2) is 29.7 Å². The smallest absolute Gasteiger partial charge is 0.357 e. The number of hydrogen-bond acceptors (Lipinski definition) is 3. The molecule has 0 spiro atoms. The van der Waals surface area contributed by atoms with E-state index in [1.807, 2.05) is 0 Å². The number of aliphatic imine (C=N–C) groups is 1. The number of hydrogen-bond donors (Lipinski definition) is 1. The zero-order chi connectivity index (χ0) is 22.5. The van der Waals surface area contributed by atoms with Crippen LogP contribution >= 0.6 is 35.0 Å². The first-order valence-electron chi connectivity index (χ1n) is 8.45. The zero-order valence-corrected chi connectivity index (χ0v) is 18.0. The molecular weight excluding hydrogens is 467 g/mol. The highest BCUT2D eigenvalue weighted by molar-refractivity contribution is 8.00. The number of benzene rings is 2. The molecule has 2 aromatic rings. The molecule has 2 rings (SSSR count). The summed E-state index contributed by atoms with van der Waals surface area (Å²) in [5.41, 5.74) is 0.452. The van der Waals surface area contributed by atoms with E-state index >= 15 is 0 Å². The van der Waals surface area contributed by atoms with Gasteiger partial charge in [-0.1, -0.05) is 29.3 Å². The summed E-state index contributed by atoms with van der Waals surface area (Å²) in [6.45, 7) is 3.45. The second-order valence-corrected chi connectivity index (χ2v) is 8.13. The Kier molecular flexibility index (Phi) is 8.40. The summed E-state index contributed by atoms with van der Waals surface area (Å²) in [6, 6.07) is 8.83. The van der Waals surface area contributed by atoms with Crippen LogP contribution in [0.1, 0.15) is 19.4 Å². The number of rotatable bonds is 6. The SMILES string of the molecule is CC(C)O/C(=N\C(=O)Nc1ccc(SC(F)(F)C(F)F)cc1)c1c(Cl)cccc1Cl. The number of urea groups is 1. The molecule has 0 aliphatic heterocycles. The van der Waals surface area contributed by atoms with Crippen molar-refractivity contribution in [1.82, 2.24) is 0 Å². The second kappa shape index (κ2) is 10.4. The van der Waals surface area contributed by atoms with E-state index in [9.17, 15) is 22.4 Å². The first kappa shape index (κ1) is 24.3. The zero-order valence-electron chi connectivity index (χ0n) is 15.6. The summed E-state index contributed by atoms with van der Waals surface area (Å²) < 4.78 is 56.3. The van der Waals surface area contributed by atoms with Crippen molar-refractivity contribution in [3.8, 4) is 0 Å². The minimum Gasteiger partial charge on any atom is -0.474 e. The molecule has 0 radical (unpaired) electrons. The lowest BCUT2D eigenvalue weighted by molar-refractivity contribution is -0.0563. The number of amides is 2. The van der Waals surface area contributed by atoms with E-state index < -0.39 is 17.7 Å². The average Bonchev–Trinajstić information content (AvgIpc) is 2.62. The summed E-state index contributed by atoms with van der Waals surface area (Å²) in [6.07, 6.45) is -4.14. The molecule has 0 unspecified atom stereocenters. The highest BCUT2D eigenvalue weighted by atomic mass is 35.5. The first-order valence-corrected chi connectivity index (χ1v) is 10.0. The van der Waals surface area contributed by atoms with Gasteiger partial charge in [0.05, 0.1) is 21.7 Å². The highest BCUT2D eigenvalue weighted by Crippen LogP contribution is 2.40. The highest BCUT2D eigenvalue weighted by Gasteiger charge is 2.41. The van der Waals surface area contributed by atoms with Gasteiger partial charge in [0.2, 0.25) is 5.90 Å². The average molecular weight is 483 g/mol. The van der Waals surface area contributed by atoms with E-state index in [-0.39, 0.29) is 50.0 Å². The van der Waals surface area contributed by atoms with E-state index in [4.69, 9.17) is 27.9 Å². The van der Waals surface area contributed by atoms with Gasteiger partial charge >= 0.3 is 17.7 Å². The number of ether oxygens (including phenoxy) is 1. The summed E-state index contributed by atoms with van der Waals surface area (Å²) >= 11 is 12.0. The number of nitrogens with zero attached hydrogens (tertiary/aromatic N) is 1. The number of alkyl halides is 4. The minimum atomic E-state index is -4.22. The lowest BCUT2D eigenvalue weighted by Gasteiger charge is -2.15. The summed E-state index contributed by atoms with van der Waals surface area (Å²) in [5, 5.41) is -1.32. The molecule has 0 fully saturated rings. The van der Waals surface area contributed by atoms with Crippen LogP contribution < -0.4 is 5.32 Å². The van der Waals surface area contributed by atoms with Crippen molar-refractivity contribution in [2.45, 2.75) is 36.5 Å². The van der Waals surface area contributed by atoms with Crippen LogP contribution in [0.4, 0.5) is 28.0 Å². The fourth-order valence-corrected chi connectivity index (χ4v) is 3.35. The number of carbonyl (C=O) groups excluding carboxylic acids is 1. The normalized spacial score (nSPS) is 12.4. The molecule has 0 saturated carbocycles. The Hall–Kier alpha value is -1.97. The Morgan fingerprint density at radius 1 is 1.10 bits per heavy atom. The molecule has 0 aliphatic carbocycles. The number of carbonyl (C=O) groups is 1. The van der Waals surface area contributed by atoms with E-state index in [1.54, 1.807) is 32.0 Å². The standard InChI is InChI=1S/C19H16Cl2F4N2O2S/c1-10(2)29-16(15-13(20)4-3-5-14(15)21)27-18(28)26-11-6-8-12(9-7-11)30-19(24,25)17(22)23/h3-10,17H,1-2H3,(H,26,28)/b27-16-. The van der Waals surface area contributed by atoms with Crippen molar-refractivity contribution in [2.24, 2.45) is 4.99 Å². The molecule has 0 saturated heterocycles. The molecule has 0 atom stereocenters. The van der Waals surface area contributed by atoms with Gasteiger partial charge in [-0.05, 0) is 62.0 Å². The molecule has 162 valence electrons. The van der Waals surface area contributed by atoms with Crippen molar-refractivity contribution >= 4 is 52.6 Å². The van der Waals surface area contributed by atoms with Crippen LogP contribution in [-0.2, 0) is 4.74 Å². The monoisotopic (exact) mass is 482 g/mol. The number of halogens is 6. The Labute approximate surface area is 184 Å². The van der Waals surface area contributed by atoms with E-state index in [2.05, 4.69) is 10.3 Å². The Bertz CT molecular complexity index is 905. The summed E-state index contributed by atoms with van der Waals surface area (Å²) in [5.74, 6) is -0.0955. The van der Waals surface area contributed by atoms with Gasteiger partial charge in [0.1, 0.15) is 0 Å². The van der Waals surface area contributed by atoms with Gasteiger partial charge in [-0.3, -0.25) is 0 Å². The van der Waals surface area contributed by atoms with Gasteiger partial charge in [0.25, 0.3) is 0 Å². The van der Waals surface area contributed by atoms with Gasteiger partial charge < -0.3 is 10.1 Å². The molecular formula is C19H16Cl2F4N2O2S. The van der Waals surface area contributed by atoms with Crippen LogP contribution in [0.3, 0.4) is 0 Å². The van der Waals surface area contributed by atoms with Crippen molar-refractivity contribution in [3.63, 3.8) is 0 Å². The van der Waals surface area contributed by atoms with E-state index in [1.165, 1.54) is 24.3 Å². The summed E-state index contributed by atoms with van der Waals surface area (Å²) in [7, 11) is 0. The van der Waals surface area contributed by atoms with Crippen molar-refractivity contribution in [3.05, 3.63) is 58.1 Å². The number of nitrogens with one attached hydrogen (secondary N) is 1. The molecule has 4 nitrogen and oxygen atoms in total. The van der Waals surface area contributed by atoms with Gasteiger partial charge in [0, 0.05) is 10.6 Å². The van der Waals surface area contributed by atoms with Crippen molar-refractivity contribution in [1.29, 1.82) is 0 Å². The summed E-state index contributed by atoms with van der Waals surface area (Å²) in [4.78, 5) is 16.1. The quantitative estimate of drug-likeness (QED) is 0.202. The second-order valence-electron chi connectivity index (χ2n) is 6.10. The molecule has 0 bridgehead atoms. The van der Waals surface area contributed by atoms with Crippen molar-refractivity contribution in [2.75, 3.05) is 5.32 Å². The topological polar surface area (TPSA) is 50.7 Å². The Morgan fingerprint density at radius 3 is 2.17 bits per heavy atom. The molecule has 0 heterocycles. The third-order valence-electron chi connectivity index (χ3n) is 3.34. The molecule has 1 N–H and O–H groups in total. The molecule has 11 heteroatoms. The molecule has 0 aliphatic rings. The maximum atomic E-state index is 13.1. The van der Waals surface area contributed by atoms with E-state index in [0.29, 0.717) is 0 Å². The van der Waals surface area contributed by atoms with E-state index in [0.717, 1.165) is 0 Å². The Morgan fingerprint density at radius 2 is 1.67 bits per heavy atom. The van der Waals surface area contributed by atoms with Crippen LogP contribution in [0.2, 0.25) is 10.0 Å². The molecule has 0 aromatic heterocycles. The predicted octanol–water partition coefficient (Wildman–Crippen LogP) is 7.35. The third-order valence-corrected chi connectivity index (χ3v) is 4.93. The molecule has 30 heavy (non-hydrogen) atoms. The van der Waals surface area contributed by atoms with Gasteiger partial charge in [-0.25, -0.2) is 13.6 Å². The maximum absolute atomic E-state index is 13.1. The lowest BCUT2D eigenvalue weighted by Crippen LogP contribution is -2.21. The molecule has 2 aromatic carbocycles. The maximum Gasteiger partial charge on any atom is 0.357 e.